The fourth-order valence-corrected chi connectivity index (χ4v) is 7.68. The third kappa shape index (κ3) is 8.64. The van der Waals surface area contributed by atoms with E-state index in [0.717, 1.165) is 6.42 Å². The number of rotatable bonds is 8. The second-order valence-corrected chi connectivity index (χ2v) is 17.7. The van der Waals surface area contributed by atoms with Gasteiger partial charge in [-0.2, -0.15) is 0 Å². The largest absolute Gasteiger partial charge is 0.441 e. The number of nitro groups is 1. The van der Waals surface area contributed by atoms with Gasteiger partial charge in [0.2, 0.25) is 0 Å². The van der Waals surface area contributed by atoms with Gasteiger partial charge < -0.3 is 4.90 Å². The average Bonchev–Trinajstić information content (AvgIpc) is 3.24. The molecule has 0 aromatic heterocycles. The van der Waals surface area contributed by atoms with Crippen LogP contribution in [0.4, 0.5) is 5.69 Å². The zero-order chi connectivity index (χ0) is 31.9. The van der Waals surface area contributed by atoms with Crippen molar-refractivity contribution in [1.29, 1.82) is 0 Å². The van der Waals surface area contributed by atoms with Gasteiger partial charge in [0, 0.05) is 6.04 Å². The van der Waals surface area contributed by atoms with E-state index in [0.29, 0.717) is 11.3 Å². The average molecular weight is 720 g/mol. The van der Waals surface area contributed by atoms with Gasteiger partial charge in [0.1, 0.15) is 0 Å². The smallest absolute Gasteiger partial charge is 0.0336 e. The topological polar surface area (TPSA) is 55.6 Å². The molecule has 5 nitrogen and oxygen atoms in total. The standard InChI is InChI=1S/C26H28N.C10H11NO3.2ClH.Ru/c1-25(2)19-26(3,23-17-11-6-12-18-23)20-27(25)24(21-13-7-4-8-14-21)22-15-9-5-10-16-22;1-7(2)14-10-5-4-9(11(12)13)6-8(10)3;;;/h4-18,20,24H,19H2,1-3H3;3-7H,1-2H3;2*1H;/q-1;;;;+2/p-2/t26-;;;;/m1..../s1. The first kappa shape index (κ1) is 34.0. The molecule has 0 saturated carbocycles. The Kier molecular flexibility index (Phi) is 11.5. The van der Waals surface area contributed by atoms with Gasteiger partial charge in [-0.05, 0) is 30.5 Å². The van der Waals surface area contributed by atoms with E-state index in [4.69, 9.17) is 24.1 Å². The van der Waals surface area contributed by atoms with E-state index in [-0.39, 0.29) is 28.8 Å². The number of likely N-dealkylation sites (tertiary alicyclic amines) is 1. The van der Waals surface area contributed by atoms with Gasteiger partial charge in [0.15, 0.2) is 0 Å². The van der Waals surface area contributed by atoms with Gasteiger partial charge in [-0.15, -0.1) is 5.41 Å². The molecule has 8 heteroatoms. The third-order valence-electron chi connectivity index (χ3n) is 7.62. The molecule has 1 aliphatic rings. The Bertz CT molecular complexity index is 1520. The summed E-state index contributed by atoms with van der Waals surface area (Å²) in [5.41, 5.74) is 4.73. The van der Waals surface area contributed by atoms with Crippen molar-refractivity contribution in [3.63, 3.8) is 0 Å². The molecular formula is C36H39Cl2N2O3Ru-. The van der Waals surface area contributed by atoms with Crippen LogP contribution in [-0.2, 0) is 18.9 Å². The molecular weight excluding hydrogens is 680 g/mol. The zero-order valence-corrected chi connectivity index (χ0v) is 28.9. The van der Waals surface area contributed by atoms with Crippen molar-refractivity contribution in [2.45, 2.75) is 64.1 Å². The summed E-state index contributed by atoms with van der Waals surface area (Å²) in [6.45, 7) is 13.3. The van der Waals surface area contributed by atoms with Crippen molar-refractivity contribution < 1.29 is 23.2 Å². The first-order valence-corrected chi connectivity index (χ1v) is 20.0. The van der Waals surface area contributed by atoms with Crippen molar-refractivity contribution in [2.75, 3.05) is 0 Å². The van der Waals surface area contributed by atoms with E-state index in [2.05, 4.69) is 123 Å². The Morgan fingerprint density at radius 3 is 1.89 bits per heavy atom. The minimum atomic E-state index is -2.05. The molecule has 0 N–H and O–H groups in total. The molecule has 1 atom stereocenters. The molecule has 5 rings (SSSR count). The van der Waals surface area contributed by atoms with Crippen LogP contribution in [0, 0.1) is 16.7 Å². The molecule has 0 aliphatic carbocycles. The summed E-state index contributed by atoms with van der Waals surface area (Å²) in [5, 5.41) is 10.7. The normalized spacial score (nSPS) is 18.0. The molecule has 0 unspecified atom stereocenters. The second-order valence-electron chi connectivity index (χ2n) is 12.0. The Balaban J connectivity index is 0.000000225. The maximum atomic E-state index is 10.7. The maximum absolute atomic E-state index is 10.7. The van der Waals surface area contributed by atoms with Gasteiger partial charge in [-0.25, -0.2) is 0 Å². The maximum Gasteiger partial charge on any atom is 0.0336 e. The minimum absolute atomic E-state index is 0.00360. The third-order valence-corrected chi connectivity index (χ3v) is 9.45. The minimum Gasteiger partial charge on any atom is -0.441 e. The van der Waals surface area contributed by atoms with E-state index in [9.17, 15) is 10.1 Å². The fourth-order valence-electron chi connectivity index (χ4n) is 5.89. The number of hydrogen-bond donors (Lipinski definition) is 0. The van der Waals surface area contributed by atoms with Gasteiger partial charge in [0.25, 0.3) is 0 Å². The number of halogens is 2. The number of nitrogens with zero attached hydrogens (tertiary/aromatic N) is 2. The molecule has 1 aliphatic heterocycles. The number of non-ortho nitro benzene ring substituents is 1. The Hall–Kier alpha value is -2.89. The monoisotopic (exact) mass is 719 g/mol. The van der Waals surface area contributed by atoms with Gasteiger partial charge >= 0.3 is 112 Å². The van der Waals surface area contributed by atoms with Crippen molar-refractivity contribution in [3.05, 3.63) is 148 Å². The predicted molar refractivity (Wildman–Crippen MR) is 179 cm³/mol. The molecule has 1 saturated heterocycles. The number of ether oxygens (including phenoxy) is 1. The summed E-state index contributed by atoms with van der Waals surface area (Å²) in [5.74, 6) is 0.561. The van der Waals surface area contributed by atoms with Crippen LogP contribution in [0.25, 0.3) is 0 Å². The van der Waals surface area contributed by atoms with Gasteiger partial charge in [-0.3, -0.25) is 6.54 Å². The van der Waals surface area contributed by atoms with E-state index in [1.165, 1.54) is 28.8 Å². The van der Waals surface area contributed by atoms with E-state index >= 15 is 0 Å². The van der Waals surface area contributed by atoms with Crippen molar-refractivity contribution in [2.24, 2.45) is 0 Å². The van der Waals surface area contributed by atoms with Crippen LogP contribution in [0.15, 0.2) is 109 Å². The first-order chi connectivity index (χ1) is 20.9. The molecule has 0 spiro atoms. The quantitative estimate of drug-likeness (QED) is 0.0788. The van der Waals surface area contributed by atoms with E-state index in [1.54, 1.807) is 10.7 Å². The van der Waals surface area contributed by atoms with Crippen LogP contribution in [0.1, 0.15) is 69.3 Å². The fraction of sp³-hybridized carbons (Fsp3) is 0.278. The molecule has 1 heterocycles. The van der Waals surface area contributed by atoms with Crippen LogP contribution in [0.5, 0.6) is 5.75 Å². The summed E-state index contributed by atoms with van der Waals surface area (Å²) in [4.78, 5) is 12.8. The van der Waals surface area contributed by atoms with E-state index in [1.807, 2.05) is 13.8 Å². The summed E-state index contributed by atoms with van der Waals surface area (Å²) in [6.07, 6.45) is 1.08. The Morgan fingerprint density at radius 2 is 1.41 bits per heavy atom. The first-order valence-electron chi connectivity index (χ1n) is 14.5. The Labute approximate surface area is 274 Å². The Morgan fingerprint density at radius 1 is 0.886 bits per heavy atom. The molecule has 4 aromatic carbocycles. The van der Waals surface area contributed by atoms with Crippen molar-refractivity contribution in [1.82, 2.24) is 4.90 Å². The van der Waals surface area contributed by atoms with Crippen molar-refractivity contribution in [3.8, 4) is 5.75 Å². The number of benzene rings is 4. The summed E-state index contributed by atoms with van der Waals surface area (Å²) in [7, 11) is 11.6. The zero-order valence-electron chi connectivity index (χ0n) is 25.6. The summed E-state index contributed by atoms with van der Waals surface area (Å²) in [6, 6.07) is 37.3. The summed E-state index contributed by atoms with van der Waals surface area (Å²) < 4.78 is 7.17. The number of hydrogen-bond acceptors (Lipinski definition) is 4. The molecule has 234 valence electrons. The SMILES string of the molecule is CC(C)Oc1ccc([N+](=O)[O-])cc1[CH]=[Ru]([Cl])[Cl].CC1(C)C[C@@](C)(c2ccccc2)[CH-]N1C(c1ccccc1)c1ccccc1. The van der Waals surface area contributed by atoms with Gasteiger partial charge in [0.05, 0.1) is 0 Å². The molecule has 44 heavy (non-hydrogen) atoms. The van der Waals surface area contributed by atoms with Gasteiger partial charge in [-0.1, -0.05) is 110 Å². The molecule has 0 radical (unpaired) electrons. The van der Waals surface area contributed by atoms with Crippen molar-refractivity contribution >= 4 is 29.7 Å². The number of nitro benzene ring substituents is 1. The predicted octanol–water partition coefficient (Wildman–Crippen LogP) is 9.84. The van der Waals surface area contributed by atoms with Crippen LogP contribution in [0.3, 0.4) is 0 Å². The second kappa shape index (κ2) is 14.9. The molecule has 4 aromatic rings. The molecule has 0 amide bonds. The molecule has 0 bridgehead atoms. The van der Waals surface area contributed by atoms with Crippen LogP contribution in [-0.4, -0.2) is 26.1 Å². The van der Waals surface area contributed by atoms with Crippen LogP contribution >= 0.6 is 19.4 Å². The molecule has 1 fully saturated rings. The summed E-state index contributed by atoms with van der Waals surface area (Å²) >= 11 is -2.05. The van der Waals surface area contributed by atoms with Crippen LogP contribution < -0.4 is 4.74 Å². The van der Waals surface area contributed by atoms with E-state index < -0.39 is 18.4 Å². The van der Waals surface area contributed by atoms with Crippen LogP contribution in [0.2, 0.25) is 0 Å².